The van der Waals surface area contributed by atoms with E-state index in [9.17, 15) is 9.90 Å². The van der Waals surface area contributed by atoms with Gasteiger partial charge in [-0.3, -0.25) is 0 Å². The first-order valence-electron chi connectivity index (χ1n) is 12.2. The predicted octanol–water partition coefficient (Wildman–Crippen LogP) is 4.45. The molecule has 0 spiro atoms. The van der Waals surface area contributed by atoms with Gasteiger partial charge in [-0.05, 0) is 46.5 Å². The minimum atomic E-state index is -0.759. The summed E-state index contributed by atoms with van der Waals surface area (Å²) in [5.74, 6) is 0.00650. The van der Waals surface area contributed by atoms with E-state index in [-0.39, 0.29) is 12.0 Å². The molecule has 0 aromatic rings. The van der Waals surface area contributed by atoms with Gasteiger partial charge in [0.2, 0.25) is 0 Å². The fourth-order valence-corrected chi connectivity index (χ4v) is 3.71. The second kappa shape index (κ2) is 15.0. The third kappa shape index (κ3) is 11.0. The molecule has 0 saturated heterocycles. The normalized spacial score (nSPS) is 26.6. The maximum atomic E-state index is 12.5. The number of rotatable bonds is 14. The molecular formula is C24H47NO6. The molecule has 0 unspecified atom stereocenters. The molecule has 2 N–H and O–H groups in total. The Kier molecular flexibility index (Phi) is 13.7. The van der Waals surface area contributed by atoms with E-state index in [1.165, 1.54) is 0 Å². The van der Waals surface area contributed by atoms with Crippen LogP contribution in [0.15, 0.2) is 0 Å². The predicted molar refractivity (Wildman–Crippen MR) is 122 cm³/mol. The molecule has 1 aliphatic carbocycles. The number of ether oxygens (including phenoxy) is 4. The average molecular weight is 446 g/mol. The number of unbranched alkanes of at least 4 members (excludes halogenated alkanes) is 3. The molecule has 0 heterocycles. The van der Waals surface area contributed by atoms with Crippen LogP contribution in [-0.2, 0) is 18.9 Å². The summed E-state index contributed by atoms with van der Waals surface area (Å²) in [5, 5.41) is 13.8. The van der Waals surface area contributed by atoms with E-state index in [1.54, 1.807) is 0 Å². The van der Waals surface area contributed by atoms with Gasteiger partial charge in [0.15, 0.2) is 0 Å². The molecule has 5 atom stereocenters. The summed E-state index contributed by atoms with van der Waals surface area (Å²) in [4.78, 5) is 12.5. The SMILES string of the molecule is CCCCOC[C@H]1C[C@H](O)[C@H](NC(=O)OC(C)(C)C)[C@@H](OCCCC)[C@@H]1OCCCC. The first kappa shape index (κ1) is 28.1. The van der Waals surface area contributed by atoms with Crippen molar-refractivity contribution in [2.45, 2.75) is 116 Å². The second-order valence-corrected chi connectivity index (χ2v) is 9.54. The lowest BCUT2D eigenvalue weighted by Gasteiger charge is -2.45. The van der Waals surface area contributed by atoms with E-state index in [1.807, 2.05) is 20.8 Å². The first-order chi connectivity index (χ1) is 14.7. The number of hydrogen-bond acceptors (Lipinski definition) is 6. The maximum Gasteiger partial charge on any atom is 0.408 e. The Labute approximate surface area is 189 Å². The minimum absolute atomic E-state index is 0.00650. The van der Waals surface area contributed by atoms with Gasteiger partial charge in [0, 0.05) is 25.7 Å². The fourth-order valence-electron chi connectivity index (χ4n) is 3.71. The van der Waals surface area contributed by atoms with Crippen molar-refractivity contribution >= 4 is 6.09 Å². The molecule has 1 saturated carbocycles. The average Bonchev–Trinajstić information content (AvgIpc) is 2.68. The fraction of sp³-hybridized carbons (Fsp3) is 0.958. The van der Waals surface area contributed by atoms with Crippen LogP contribution in [0.2, 0.25) is 0 Å². The van der Waals surface area contributed by atoms with Crippen molar-refractivity contribution in [1.82, 2.24) is 5.32 Å². The molecule has 1 amide bonds. The van der Waals surface area contributed by atoms with E-state index >= 15 is 0 Å². The summed E-state index contributed by atoms with van der Waals surface area (Å²) in [6.45, 7) is 14.2. The number of hydrogen-bond donors (Lipinski definition) is 2. The van der Waals surface area contributed by atoms with Gasteiger partial charge in [-0.25, -0.2) is 4.79 Å². The molecule has 1 rings (SSSR count). The highest BCUT2D eigenvalue weighted by atomic mass is 16.6. The molecule has 31 heavy (non-hydrogen) atoms. The van der Waals surface area contributed by atoms with Crippen LogP contribution in [0.3, 0.4) is 0 Å². The van der Waals surface area contributed by atoms with E-state index < -0.39 is 29.9 Å². The van der Waals surface area contributed by atoms with Crippen LogP contribution in [-0.4, -0.2) is 67.6 Å². The molecule has 1 aliphatic rings. The molecule has 7 nitrogen and oxygen atoms in total. The molecule has 0 radical (unpaired) electrons. The van der Waals surface area contributed by atoms with Crippen LogP contribution in [0.1, 0.15) is 86.5 Å². The lowest BCUT2D eigenvalue weighted by molar-refractivity contribution is -0.166. The highest BCUT2D eigenvalue weighted by molar-refractivity contribution is 5.68. The molecule has 1 fully saturated rings. The quantitative estimate of drug-likeness (QED) is 0.384. The van der Waals surface area contributed by atoms with E-state index in [4.69, 9.17) is 18.9 Å². The molecule has 0 aromatic carbocycles. The van der Waals surface area contributed by atoms with Crippen LogP contribution in [0.25, 0.3) is 0 Å². The number of aliphatic hydroxyl groups excluding tert-OH is 1. The van der Waals surface area contributed by atoms with Gasteiger partial charge in [0.05, 0.1) is 24.9 Å². The number of amides is 1. The molecule has 0 bridgehead atoms. The smallest absolute Gasteiger partial charge is 0.408 e. The molecule has 7 heteroatoms. The summed E-state index contributed by atoms with van der Waals surface area (Å²) in [6.07, 6.45) is 4.45. The molecular weight excluding hydrogens is 398 g/mol. The number of carbonyl (C=O) groups excluding carboxylic acids is 1. The first-order valence-corrected chi connectivity index (χ1v) is 12.2. The third-order valence-corrected chi connectivity index (χ3v) is 5.38. The standard InChI is InChI=1S/C24H47NO6/c1-7-10-13-28-17-18-16-19(26)20(25-23(27)31-24(4,5)6)22(30-15-12-9-3)21(18)29-14-11-8-2/h18-22,26H,7-17H2,1-6H3,(H,25,27)/t18-,19+,20+,21-,22-/m1/s1. The van der Waals surface area contributed by atoms with E-state index in [0.29, 0.717) is 32.8 Å². The van der Waals surface area contributed by atoms with Gasteiger partial charge in [-0.1, -0.05) is 40.0 Å². The third-order valence-electron chi connectivity index (χ3n) is 5.38. The van der Waals surface area contributed by atoms with Crippen molar-refractivity contribution in [3.05, 3.63) is 0 Å². The van der Waals surface area contributed by atoms with E-state index in [0.717, 1.165) is 38.5 Å². The van der Waals surface area contributed by atoms with Crippen molar-refractivity contribution in [3.8, 4) is 0 Å². The van der Waals surface area contributed by atoms with Crippen molar-refractivity contribution in [3.63, 3.8) is 0 Å². The van der Waals surface area contributed by atoms with Crippen LogP contribution in [0, 0.1) is 5.92 Å². The highest BCUT2D eigenvalue weighted by Crippen LogP contribution is 2.31. The Balaban J connectivity index is 2.99. The van der Waals surface area contributed by atoms with Crippen molar-refractivity contribution in [2.24, 2.45) is 5.92 Å². The lowest BCUT2D eigenvalue weighted by Crippen LogP contribution is -2.63. The van der Waals surface area contributed by atoms with Gasteiger partial charge < -0.3 is 29.4 Å². The van der Waals surface area contributed by atoms with Gasteiger partial charge >= 0.3 is 6.09 Å². The zero-order valence-corrected chi connectivity index (χ0v) is 20.7. The number of aliphatic hydroxyl groups is 1. The zero-order chi connectivity index (χ0) is 23.3. The Bertz CT molecular complexity index is 481. The van der Waals surface area contributed by atoms with E-state index in [2.05, 4.69) is 26.1 Å². The summed E-state index contributed by atoms with van der Waals surface area (Å²) >= 11 is 0. The van der Waals surface area contributed by atoms with Crippen LogP contribution in [0.4, 0.5) is 4.79 Å². The number of carbonyl (C=O) groups is 1. The highest BCUT2D eigenvalue weighted by Gasteiger charge is 2.47. The summed E-state index contributed by atoms with van der Waals surface area (Å²) in [7, 11) is 0. The maximum absolute atomic E-state index is 12.5. The summed E-state index contributed by atoms with van der Waals surface area (Å²) in [6, 6.07) is -0.592. The van der Waals surface area contributed by atoms with Crippen LogP contribution >= 0.6 is 0 Å². The number of alkyl carbamates (subject to hydrolysis) is 1. The second-order valence-electron chi connectivity index (χ2n) is 9.54. The Morgan fingerprint density at radius 1 is 0.935 bits per heavy atom. The largest absolute Gasteiger partial charge is 0.444 e. The van der Waals surface area contributed by atoms with Gasteiger partial charge in [0.25, 0.3) is 0 Å². The van der Waals surface area contributed by atoms with Crippen molar-refractivity contribution in [2.75, 3.05) is 26.4 Å². The zero-order valence-electron chi connectivity index (χ0n) is 20.7. The molecule has 0 aromatic heterocycles. The van der Waals surface area contributed by atoms with Gasteiger partial charge in [-0.2, -0.15) is 0 Å². The van der Waals surface area contributed by atoms with Crippen molar-refractivity contribution in [1.29, 1.82) is 0 Å². The Morgan fingerprint density at radius 2 is 1.48 bits per heavy atom. The van der Waals surface area contributed by atoms with Gasteiger partial charge in [0.1, 0.15) is 11.7 Å². The summed E-state index contributed by atoms with van der Waals surface area (Å²) < 4.78 is 23.8. The summed E-state index contributed by atoms with van der Waals surface area (Å²) in [5.41, 5.74) is -0.616. The monoisotopic (exact) mass is 445 g/mol. The van der Waals surface area contributed by atoms with Gasteiger partial charge in [-0.15, -0.1) is 0 Å². The topological polar surface area (TPSA) is 86.3 Å². The lowest BCUT2D eigenvalue weighted by atomic mass is 9.79. The van der Waals surface area contributed by atoms with Crippen LogP contribution in [0.5, 0.6) is 0 Å². The minimum Gasteiger partial charge on any atom is -0.444 e. The number of nitrogens with one attached hydrogen (secondary N) is 1. The Hall–Kier alpha value is -0.890. The Morgan fingerprint density at radius 3 is 2.03 bits per heavy atom. The van der Waals surface area contributed by atoms with Crippen molar-refractivity contribution < 1.29 is 28.8 Å². The molecule has 0 aliphatic heterocycles. The van der Waals surface area contributed by atoms with Crippen LogP contribution < -0.4 is 5.32 Å². The molecule has 184 valence electrons.